The van der Waals surface area contributed by atoms with Gasteiger partial charge < -0.3 is 0 Å². The van der Waals surface area contributed by atoms with E-state index in [1.54, 1.807) is 0 Å². The summed E-state index contributed by atoms with van der Waals surface area (Å²) in [5.74, 6) is 0.144. The van der Waals surface area contributed by atoms with E-state index >= 15 is 0 Å². The predicted molar refractivity (Wildman–Crippen MR) is 153 cm³/mol. The SMILES string of the molecule is O=C(C[n+]1c(CCCCc2c3ccccc3cc3ccccc23)ccc2ccccc21)c1ccccc1. The summed E-state index contributed by atoms with van der Waals surface area (Å²) in [4.78, 5) is 13.2. The normalized spacial score (nSPS) is 11.4. The van der Waals surface area contributed by atoms with Gasteiger partial charge in [0.2, 0.25) is 17.8 Å². The number of aryl methyl sites for hydroxylation is 2. The van der Waals surface area contributed by atoms with Crippen LogP contribution in [0.2, 0.25) is 0 Å². The molecular formula is C35H30NO+. The highest BCUT2D eigenvalue weighted by Crippen LogP contribution is 2.29. The summed E-state index contributed by atoms with van der Waals surface area (Å²) in [6.07, 6.45) is 4.14. The lowest BCUT2D eigenvalue weighted by atomic mass is 9.93. The standard InChI is InChI=1S/C35H30NO/c37-35(27-13-2-1-3-14-27)25-36-30(23-22-26-12-6-11-21-34(26)36)17-7-10-20-33-31-18-8-4-15-28(31)24-29-16-5-9-19-32(29)33/h1-6,8-9,11-16,18-19,21-24H,7,10,17,20,25H2/q+1. The van der Waals surface area contributed by atoms with Gasteiger partial charge in [-0.3, -0.25) is 4.79 Å². The Hall–Kier alpha value is -4.30. The first-order valence-electron chi connectivity index (χ1n) is 13.2. The molecule has 37 heavy (non-hydrogen) atoms. The van der Waals surface area contributed by atoms with Crippen molar-refractivity contribution >= 4 is 38.2 Å². The van der Waals surface area contributed by atoms with E-state index in [2.05, 4.69) is 95.6 Å². The number of ketones is 1. The Labute approximate surface area is 217 Å². The maximum atomic E-state index is 13.2. The number of unbranched alkanes of at least 4 members (excludes halogenated alkanes) is 1. The molecule has 0 radical (unpaired) electrons. The number of carbonyl (C=O) groups excluding carboxylic acids is 1. The number of rotatable bonds is 8. The van der Waals surface area contributed by atoms with Crippen molar-refractivity contribution in [2.24, 2.45) is 0 Å². The second-order valence-corrected chi connectivity index (χ2v) is 9.76. The lowest BCUT2D eigenvalue weighted by Crippen LogP contribution is -2.42. The Balaban J connectivity index is 1.25. The average Bonchev–Trinajstić information content (AvgIpc) is 2.96. The van der Waals surface area contributed by atoms with Crippen LogP contribution in [-0.2, 0) is 19.4 Å². The first-order chi connectivity index (χ1) is 18.3. The van der Waals surface area contributed by atoms with Crippen LogP contribution in [0.3, 0.4) is 0 Å². The summed E-state index contributed by atoms with van der Waals surface area (Å²) in [5, 5.41) is 6.49. The topological polar surface area (TPSA) is 20.9 Å². The quantitative estimate of drug-likeness (QED) is 0.0939. The number of hydrogen-bond acceptors (Lipinski definition) is 1. The Morgan fingerprint density at radius 1 is 0.568 bits per heavy atom. The fourth-order valence-corrected chi connectivity index (χ4v) is 5.55. The maximum absolute atomic E-state index is 13.2. The van der Waals surface area contributed by atoms with E-state index in [9.17, 15) is 4.79 Å². The zero-order valence-corrected chi connectivity index (χ0v) is 20.9. The van der Waals surface area contributed by atoms with Gasteiger partial charge in [0, 0.05) is 29.5 Å². The van der Waals surface area contributed by atoms with Crippen molar-refractivity contribution in [2.75, 3.05) is 0 Å². The molecule has 0 unspecified atom stereocenters. The van der Waals surface area contributed by atoms with Crippen molar-refractivity contribution in [3.63, 3.8) is 0 Å². The van der Waals surface area contributed by atoms with Crippen molar-refractivity contribution in [3.05, 3.63) is 138 Å². The zero-order chi connectivity index (χ0) is 25.0. The highest BCUT2D eigenvalue weighted by atomic mass is 16.1. The van der Waals surface area contributed by atoms with Crippen LogP contribution in [0.4, 0.5) is 0 Å². The maximum Gasteiger partial charge on any atom is 0.227 e. The van der Waals surface area contributed by atoms with E-state index in [1.807, 2.05) is 30.3 Å². The molecule has 2 heteroatoms. The first kappa shape index (κ1) is 23.1. The van der Waals surface area contributed by atoms with Crippen LogP contribution in [0.5, 0.6) is 0 Å². The zero-order valence-electron chi connectivity index (χ0n) is 20.9. The van der Waals surface area contributed by atoms with Crippen molar-refractivity contribution in [2.45, 2.75) is 32.2 Å². The van der Waals surface area contributed by atoms with Crippen LogP contribution in [0, 0.1) is 0 Å². The number of para-hydroxylation sites is 1. The highest BCUT2D eigenvalue weighted by molar-refractivity contribution is 6.02. The number of carbonyl (C=O) groups is 1. The number of benzene rings is 5. The minimum atomic E-state index is 0.144. The van der Waals surface area contributed by atoms with Gasteiger partial charge in [0.05, 0.1) is 0 Å². The number of Topliss-reactive ketones (excluding diaryl/α,β-unsaturated/α-hetero) is 1. The molecule has 180 valence electrons. The summed E-state index contributed by atoms with van der Waals surface area (Å²) >= 11 is 0. The Kier molecular flexibility index (Phi) is 6.47. The number of nitrogens with zero attached hydrogens (tertiary/aromatic N) is 1. The van der Waals surface area contributed by atoms with E-state index in [4.69, 9.17) is 0 Å². The van der Waals surface area contributed by atoms with Crippen molar-refractivity contribution in [3.8, 4) is 0 Å². The van der Waals surface area contributed by atoms with E-state index in [-0.39, 0.29) is 5.78 Å². The van der Waals surface area contributed by atoms with Gasteiger partial charge >= 0.3 is 0 Å². The summed E-state index contributed by atoms with van der Waals surface area (Å²) in [6, 6.07) is 42.1. The molecule has 0 bridgehead atoms. The van der Waals surface area contributed by atoms with Crippen LogP contribution < -0.4 is 4.57 Å². The minimum Gasteiger partial charge on any atom is -0.287 e. The molecule has 6 rings (SSSR count). The van der Waals surface area contributed by atoms with Gasteiger partial charge in [-0.25, -0.2) is 0 Å². The van der Waals surface area contributed by atoms with E-state index in [0.29, 0.717) is 6.54 Å². The second kappa shape index (κ2) is 10.4. The lowest BCUT2D eigenvalue weighted by Gasteiger charge is -2.12. The smallest absolute Gasteiger partial charge is 0.227 e. The first-order valence-corrected chi connectivity index (χ1v) is 13.2. The van der Waals surface area contributed by atoms with Crippen LogP contribution in [-0.4, -0.2) is 5.78 Å². The summed E-state index contributed by atoms with van der Waals surface area (Å²) in [7, 11) is 0. The largest absolute Gasteiger partial charge is 0.287 e. The molecule has 6 aromatic rings. The minimum absolute atomic E-state index is 0.144. The molecule has 0 aliphatic carbocycles. The molecule has 0 atom stereocenters. The Bertz CT molecular complexity index is 1660. The van der Waals surface area contributed by atoms with Gasteiger partial charge in [-0.2, -0.15) is 4.57 Å². The van der Waals surface area contributed by atoms with Crippen LogP contribution in [0.1, 0.15) is 34.5 Å². The summed E-state index contributed by atoms with van der Waals surface area (Å²) in [6.45, 7) is 0.356. The third-order valence-corrected chi connectivity index (χ3v) is 7.42. The van der Waals surface area contributed by atoms with Gasteiger partial charge in [-0.15, -0.1) is 0 Å². The van der Waals surface area contributed by atoms with E-state index < -0.39 is 0 Å². The fraction of sp³-hybridized carbons (Fsp3) is 0.143. The number of hydrogen-bond donors (Lipinski definition) is 0. The molecule has 0 fully saturated rings. The third-order valence-electron chi connectivity index (χ3n) is 7.42. The van der Waals surface area contributed by atoms with Gasteiger partial charge in [-0.1, -0.05) is 91.0 Å². The van der Waals surface area contributed by atoms with Gasteiger partial charge in [0.15, 0.2) is 5.69 Å². The number of aromatic nitrogens is 1. The molecule has 1 heterocycles. The summed E-state index contributed by atoms with van der Waals surface area (Å²) in [5.41, 5.74) is 4.53. The molecule has 2 nitrogen and oxygen atoms in total. The molecule has 0 N–H and O–H groups in total. The van der Waals surface area contributed by atoms with Crippen molar-refractivity contribution in [1.82, 2.24) is 0 Å². The molecule has 0 amide bonds. The van der Waals surface area contributed by atoms with E-state index in [1.165, 1.54) is 32.8 Å². The highest BCUT2D eigenvalue weighted by Gasteiger charge is 2.20. The predicted octanol–water partition coefficient (Wildman–Crippen LogP) is 7.88. The van der Waals surface area contributed by atoms with Gasteiger partial charge in [0.1, 0.15) is 0 Å². The molecule has 0 aliphatic rings. The third kappa shape index (κ3) is 4.75. The van der Waals surface area contributed by atoms with Gasteiger partial charge in [0.25, 0.3) is 0 Å². The molecule has 0 spiro atoms. The Morgan fingerprint density at radius 3 is 1.89 bits per heavy atom. The van der Waals surface area contributed by atoms with Crippen LogP contribution in [0.15, 0.2) is 121 Å². The van der Waals surface area contributed by atoms with E-state index in [0.717, 1.165) is 42.1 Å². The number of fused-ring (bicyclic) bond motifs is 3. The summed E-state index contributed by atoms with van der Waals surface area (Å²) < 4.78 is 2.22. The number of pyridine rings is 1. The molecule has 5 aromatic carbocycles. The Morgan fingerprint density at radius 2 is 1.16 bits per heavy atom. The monoisotopic (exact) mass is 480 g/mol. The van der Waals surface area contributed by atoms with Crippen molar-refractivity contribution in [1.29, 1.82) is 0 Å². The van der Waals surface area contributed by atoms with Crippen LogP contribution >= 0.6 is 0 Å². The van der Waals surface area contributed by atoms with Crippen LogP contribution in [0.25, 0.3) is 32.4 Å². The van der Waals surface area contributed by atoms with Crippen molar-refractivity contribution < 1.29 is 9.36 Å². The average molecular weight is 481 g/mol. The molecule has 0 saturated heterocycles. The molecular weight excluding hydrogens is 450 g/mol. The molecule has 0 aliphatic heterocycles. The van der Waals surface area contributed by atoms with Gasteiger partial charge in [-0.05, 0) is 64.6 Å². The molecule has 0 saturated carbocycles. The molecule has 1 aromatic heterocycles. The second-order valence-electron chi connectivity index (χ2n) is 9.76. The lowest BCUT2D eigenvalue weighted by molar-refractivity contribution is -0.664. The fourth-order valence-electron chi connectivity index (χ4n) is 5.55.